The predicted octanol–water partition coefficient (Wildman–Crippen LogP) is 0.756. The average Bonchev–Trinajstić information content (AvgIpc) is 2.41. The third kappa shape index (κ3) is 7.98. The van der Waals surface area contributed by atoms with Crippen molar-refractivity contribution < 1.29 is 14.7 Å². The van der Waals surface area contributed by atoms with E-state index in [2.05, 4.69) is 0 Å². The number of nitrogens with two attached hydrogens (primary N) is 2. The van der Waals surface area contributed by atoms with E-state index in [1.54, 1.807) is 4.90 Å². The Morgan fingerprint density at radius 2 is 1.50 bits per heavy atom. The van der Waals surface area contributed by atoms with E-state index in [1.165, 1.54) is 21.6 Å². The van der Waals surface area contributed by atoms with Crippen molar-refractivity contribution in [2.24, 2.45) is 11.5 Å². The molecular formula is C12H25N3O3S2. The number of carbonyl (C=O) groups is 2. The van der Waals surface area contributed by atoms with Gasteiger partial charge in [-0.05, 0) is 12.8 Å². The molecule has 8 heteroatoms. The van der Waals surface area contributed by atoms with E-state index in [0.717, 1.165) is 25.9 Å². The van der Waals surface area contributed by atoms with Gasteiger partial charge in [0.2, 0.25) is 5.91 Å². The second kappa shape index (κ2) is 11.2. The van der Waals surface area contributed by atoms with Gasteiger partial charge < -0.3 is 21.5 Å². The number of carboxylic acids is 1. The summed E-state index contributed by atoms with van der Waals surface area (Å²) in [6.07, 6.45) is 1.82. The van der Waals surface area contributed by atoms with Gasteiger partial charge >= 0.3 is 5.97 Å². The summed E-state index contributed by atoms with van der Waals surface area (Å²) in [5.41, 5.74) is 11.3. The predicted molar refractivity (Wildman–Crippen MR) is 85.7 cm³/mol. The van der Waals surface area contributed by atoms with E-state index in [-0.39, 0.29) is 5.91 Å². The van der Waals surface area contributed by atoms with Gasteiger partial charge in [0.15, 0.2) is 0 Å². The fraction of sp³-hybridized carbons (Fsp3) is 0.833. The largest absolute Gasteiger partial charge is 0.480 e. The fourth-order valence-electron chi connectivity index (χ4n) is 1.49. The molecule has 0 saturated heterocycles. The Morgan fingerprint density at radius 1 is 1.05 bits per heavy atom. The Labute approximate surface area is 128 Å². The maximum Gasteiger partial charge on any atom is 0.321 e. The van der Waals surface area contributed by atoms with Crippen LogP contribution < -0.4 is 11.5 Å². The smallest absolute Gasteiger partial charge is 0.321 e. The highest BCUT2D eigenvalue weighted by Gasteiger charge is 2.20. The zero-order valence-electron chi connectivity index (χ0n) is 12.1. The van der Waals surface area contributed by atoms with Crippen molar-refractivity contribution in [1.82, 2.24) is 4.90 Å². The summed E-state index contributed by atoms with van der Waals surface area (Å²) < 4.78 is 0. The molecule has 0 aliphatic heterocycles. The van der Waals surface area contributed by atoms with Gasteiger partial charge in [-0.15, -0.1) is 0 Å². The molecule has 0 unspecified atom stereocenters. The van der Waals surface area contributed by atoms with Crippen molar-refractivity contribution >= 4 is 33.5 Å². The first-order valence-corrected chi connectivity index (χ1v) is 9.19. The number of rotatable bonds is 11. The first-order valence-electron chi connectivity index (χ1n) is 6.71. The summed E-state index contributed by atoms with van der Waals surface area (Å²) in [6, 6.07) is -1.43. The molecule has 0 bridgehead atoms. The van der Waals surface area contributed by atoms with Gasteiger partial charge in [0.1, 0.15) is 6.04 Å². The van der Waals surface area contributed by atoms with E-state index < -0.39 is 18.1 Å². The Kier molecular flexibility index (Phi) is 11.0. The highest BCUT2D eigenvalue weighted by molar-refractivity contribution is 8.76. The van der Waals surface area contributed by atoms with E-state index in [9.17, 15) is 9.59 Å². The zero-order valence-corrected chi connectivity index (χ0v) is 13.7. The maximum absolute atomic E-state index is 12.1. The van der Waals surface area contributed by atoms with Gasteiger partial charge in [-0.3, -0.25) is 9.59 Å². The molecule has 0 aromatic carbocycles. The lowest BCUT2D eigenvalue weighted by atomic mass is 10.2. The summed E-state index contributed by atoms with van der Waals surface area (Å²) in [5, 5.41) is 8.64. The van der Waals surface area contributed by atoms with Gasteiger partial charge in [-0.25, -0.2) is 0 Å². The molecular weight excluding hydrogens is 298 g/mol. The number of hydrogen-bond donors (Lipinski definition) is 3. The minimum Gasteiger partial charge on any atom is -0.480 e. The topological polar surface area (TPSA) is 110 Å². The first kappa shape index (κ1) is 19.6. The van der Waals surface area contributed by atoms with E-state index in [4.69, 9.17) is 16.6 Å². The van der Waals surface area contributed by atoms with Crippen LogP contribution in [-0.2, 0) is 9.59 Å². The van der Waals surface area contributed by atoms with Crippen LogP contribution in [0.25, 0.3) is 0 Å². The van der Waals surface area contributed by atoms with E-state index in [1.807, 2.05) is 13.8 Å². The molecule has 0 radical (unpaired) electrons. The first-order chi connectivity index (χ1) is 9.43. The lowest BCUT2D eigenvalue weighted by Crippen LogP contribution is -2.45. The summed E-state index contributed by atoms with van der Waals surface area (Å²) in [4.78, 5) is 24.4. The number of carbonyl (C=O) groups excluding carboxylic acids is 1. The third-order valence-electron chi connectivity index (χ3n) is 2.51. The van der Waals surface area contributed by atoms with E-state index in [0.29, 0.717) is 11.5 Å². The summed E-state index contributed by atoms with van der Waals surface area (Å²) in [7, 11) is 2.72. The maximum atomic E-state index is 12.1. The van der Waals surface area contributed by atoms with Crippen LogP contribution in [0, 0.1) is 0 Å². The molecule has 20 heavy (non-hydrogen) atoms. The van der Waals surface area contributed by atoms with Crippen LogP contribution in [0.2, 0.25) is 0 Å². The van der Waals surface area contributed by atoms with Crippen LogP contribution in [0.3, 0.4) is 0 Å². The highest BCUT2D eigenvalue weighted by atomic mass is 33.1. The fourth-order valence-corrected chi connectivity index (χ4v) is 3.72. The van der Waals surface area contributed by atoms with Crippen LogP contribution in [-0.4, -0.2) is 58.6 Å². The SMILES string of the molecule is CCCN(CCC)C(=O)[C@@H](N)CSSC[C@H](N)C(=O)O. The molecule has 1 amide bonds. The van der Waals surface area contributed by atoms with Crippen LogP contribution in [0.5, 0.6) is 0 Å². The standard InChI is InChI=1S/C12H25N3O3S2/c1-3-5-15(6-4-2)11(16)9(13)7-19-20-8-10(14)12(17)18/h9-10H,3-8,13-14H2,1-2H3,(H,17,18)/t9-,10-/m0/s1. The Morgan fingerprint density at radius 3 is 1.90 bits per heavy atom. The van der Waals surface area contributed by atoms with Crippen LogP contribution in [0.1, 0.15) is 26.7 Å². The monoisotopic (exact) mass is 323 g/mol. The lowest BCUT2D eigenvalue weighted by molar-refractivity contribution is -0.138. The number of aliphatic carboxylic acids is 1. The van der Waals surface area contributed by atoms with Crippen molar-refractivity contribution in [3.8, 4) is 0 Å². The zero-order chi connectivity index (χ0) is 15.5. The number of hydrogen-bond acceptors (Lipinski definition) is 6. The van der Waals surface area contributed by atoms with Crippen molar-refractivity contribution in [1.29, 1.82) is 0 Å². The Bertz CT molecular complexity index is 300. The van der Waals surface area contributed by atoms with Crippen LogP contribution in [0.4, 0.5) is 0 Å². The van der Waals surface area contributed by atoms with Gasteiger partial charge in [0.25, 0.3) is 0 Å². The Balaban J connectivity index is 4.02. The van der Waals surface area contributed by atoms with Crippen molar-refractivity contribution in [3.05, 3.63) is 0 Å². The van der Waals surface area contributed by atoms with Gasteiger partial charge in [0, 0.05) is 24.6 Å². The summed E-state index contributed by atoms with van der Waals surface area (Å²) >= 11 is 0. The second-order valence-corrected chi connectivity index (χ2v) is 7.00. The average molecular weight is 323 g/mol. The lowest BCUT2D eigenvalue weighted by Gasteiger charge is -2.24. The highest BCUT2D eigenvalue weighted by Crippen LogP contribution is 2.22. The quantitative estimate of drug-likeness (QED) is 0.380. The van der Waals surface area contributed by atoms with Gasteiger partial charge in [0.05, 0.1) is 6.04 Å². The molecule has 0 saturated carbocycles. The molecule has 5 N–H and O–H groups in total. The van der Waals surface area contributed by atoms with Crippen molar-refractivity contribution in [2.75, 3.05) is 24.6 Å². The molecule has 0 heterocycles. The van der Waals surface area contributed by atoms with Gasteiger partial charge in [-0.1, -0.05) is 35.4 Å². The number of amides is 1. The third-order valence-corrected chi connectivity index (χ3v) is 4.99. The van der Waals surface area contributed by atoms with E-state index >= 15 is 0 Å². The van der Waals surface area contributed by atoms with Crippen LogP contribution >= 0.6 is 21.6 Å². The second-order valence-electron chi connectivity index (χ2n) is 4.45. The molecule has 0 spiro atoms. The normalized spacial score (nSPS) is 13.8. The van der Waals surface area contributed by atoms with Crippen molar-refractivity contribution in [2.45, 2.75) is 38.8 Å². The van der Waals surface area contributed by atoms with Gasteiger partial charge in [-0.2, -0.15) is 0 Å². The molecule has 0 aromatic heterocycles. The molecule has 0 aliphatic rings. The molecule has 2 atom stereocenters. The number of nitrogens with zero attached hydrogens (tertiary/aromatic N) is 1. The Hall–Kier alpha value is -0.440. The molecule has 0 aliphatic carbocycles. The van der Waals surface area contributed by atoms with Crippen LogP contribution in [0.15, 0.2) is 0 Å². The minimum atomic E-state index is -1.02. The van der Waals surface area contributed by atoms with Crippen molar-refractivity contribution in [3.63, 3.8) is 0 Å². The molecule has 0 rings (SSSR count). The molecule has 0 fully saturated rings. The molecule has 0 aromatic rings. The minimum absolute atomic E-state index is 0.0377. The summed E-state index contributed by atoms with van der Waals surface area (Å²) in [5.74, 6) is -0.297. The summed E-state index contributed by atoms with van der Waals surface area (Å²) in [6.45, 7) is 5.50. The number of carboxylic acid groups (broad SMARTS) is 1. The molecule has 118 valence electrons. The molecule has 6 nitrogen and oxygen atoms in total.